The molecule has 2 fully saturated rings. The van der Waals surface area contributed by atoms with Crippen LogP contribution in [0.2, 0.25) is 0 Å². The molecule has 3 heterocycles. The van der Waals surface area contributed by atoms with E-state index in [1.54, 1.807) is 0 Å². The number of ether oxygens (including phenoxy) is 3. The van der Waals surface area contributed by atoms with E-state index in [-0.39, 0.29) is 18.3 Å². The van der Waals surface area contributed by atoms with Crippen LogP contribution in [0.25, 0.3) is 0 Å². The molecule has 1 N–H and O–H groups in total. The van der Waals surface area contributed by atoms with Gasteiger partial charge in [-0.15, -0.1) is 0 Å². The molecule has 1 aromatic rings. The monoisotopic (exact) mass is 279 g/mol. The fraction of sp³-hybridized carbons (Fsp3) is 0.667. The topological polar surface area (TPSA) is 60.8 Å². The van der Waals surface area contributed by atoms with Crippen molar-refractivity contribution in [2.45, 2.75) is 44.5 Å². The van der Waals surface area contributed by atoms with Crippen LogP contribution in [-0.4, -0.2) is 41.6 Å². The smallest absolute Gasteiger partial charge is 0.143 e. The third kappa shape index (κ3) is 2.80. The van der Waals surface area contributed by atoms with Gasteiger partial charge in [-0.05, 0) is 19.1 Å². The van der Waals surface area contributed by atoms with Crippen molar-refractivity contribution < 1.29 is 19.3 Å². The van der Waals surface area contributed by atoms with Gasteiger partial charge in [-0.25, -0.2) is 0 Å². The van der Waals surface area contributed by atoms with Gasteiger partial charge in [0, 0.05) is 31.6 Å². The molecule has 0 bridgehead atoms. The van der Waals surface area contributed by atoms with E-state index in [0.717, 1.165) is 31.6 Å². The zero-order chi connectivity index (χ0) is 14.0. The van der Waals surface area contributed by atoms with Crippen LogP contribution in [0.1, 0.15) is 30.7 Å². The second-order valence-corrected chi connectivity index (χ2v) is 5.62. The number of hydrogen-bond acceptors (Lipinski definition) is 5. The molecule has 5 nitrogen and oxygen atoms in total. The van der Waals surface area contributed by atoms with Gasteiger partial charge < -0.3 is 19.3 Å². The summed E-state index contributed by atoms with van der Waals surface area (Å²) < 4.78 is 17.4. The highest BCUT2D eigenvalue weighted by Gasteiger charge is 2.41. The number of aliphatic hydroxyl groups excluding tert-OH is 1. The Bertz CT molecular complexity index is 471. The largest absolute Gasteiger partial charge is 0.488 e. The summed E-state index contributed by atoms with van der Waals surface area (Å²) in [5.41, 5.74) is 1.32. The first-order valence-electron chi connectivity index (χ1n) is 7.16. The van der Waals surface area contributed by atoms with Gasteiger partial charge in [0.25, 0.3) is 0 Å². The van der Waals surface area contributed by atoms with E-state index in [2.05, 4.69) is 4.98 Å². The van der Waals surface area contributed by atoms with Crippen LogP contribution in [-0.2, 0) is 16.1 Å². The van der Waals surface area contributed by atoms with E-state index >= 15 is 0 Å². The molecule has 5 heteroatoms. The molecule has 110 valence electrons. The molecule has 3 rings (SSSR count). The minimum absolute atomic E-state index is 0.0975. The molecule has 1 spiro atoms. The van der Waals surface area contributed by atoms with Crippen LogP contribution in [0.4, 0.5) is 0 Å². The maximum absolute atomic E-state index is 9.39. The molecule has 0 amide bonds. The average molecular weight is 279 g/mol. The summed E-state index contributed by atoms with van der Waals surface area (Å²) in [6.07, 6.45) is 2.73. The van der Waals surface area contributed by atoms with Gasteiger partial charge >= 0.3 is 0 Å². The summed E-state index contributed by atoms with van der Waals surface area (Å²) in [5, 5.41) is 9.39. The molecule has 2 aliphatic heterocycles. The van der Waals surface area contributed by atoms with Gasteiger partial charge in [0.2, 0.25) is 0 Å². The molecule has 1 aromatic heterocycles. The van der Waals surface area contributed by atoms with Crippen LogP contribution in [0.15, 0.2) is 12.1 Å². The van der Waals surface area contributed by atoms with Crippen LogP contribution < -0.4 is 4.74 Å². The van der Waals surface area contributed by atoms with Crippen molar-refractivity contribution in [1.29, 1.82) is 0 Å². The molecule has 20 heavy (non-hydrogen) atoms. The first kappa shape index (κ1) is 13.8. The van der Waals surface area contributed by atoms with Crippen molar-refractivity contribution in [2.75, 3.05) is 19.8 Å². The maximum Gasteiger partial charge on any atom is 0.143 e. The highest BCUT2D eigenvalue weighted by molar-refractivity contribution is 5.29. The minimum Gasteiger partial charge on any atom is -0.488 e. The predicted octanol–water partition coefficient (Wildman–Crippen LogP) is 1.60. The Hall–Kier alpha value is -1.17. The van der Waals surface area contributed by atoms with Crippen LogP contribution in [0.3, 0.4) is 0 Å². The molecule has 2 unspecified atom stereocenters. The number of nitrogens with zero attached hydrogens (tertiary/aromatic N) is 1. The highest BCUT2D eigenvalue weighted by Crippen LogP contribution is 2.34. The molecular weight excluding hydrogens is 258 g/mol. The lowest BCUT2D eigenvalue weighted by atomic mass is 9.91. The summed E-state index contributed by atoms with van der Waals surface area (Å²) in [4.78, 5) is 4.32. The van der Waals surface area contributed by atoms with Gasteiger partial charge in [-0.1, -0.05) is 0 Å². The lowest BCUT2D eigenvalue weighted by Gasteiger charge is -2.37. The maximum atomic E-state index is 9.39. The van der Waals surface area contributed by atoms with Gasteiger partial charge in [0.15, 0.2) is 0 Å². The second kappa shape index (κ2) is 5.68. The predicted molar refractivity (Wildman–Crippen MR) is 72.7 cm³/mol. The molecule has 0 radical (unpaired) electrons. The molecule has 0 aliphatic carbocycles. The molecule has 2 aliphatic rings. The SMILES string of the molecule is Cc1ccc(OC2CCOC3(CCOC3)C2)c(CO)n1. The van der Waals surface area contributed by atoms with Gasteiger partial charge in [0.1, 0.15) is 17.5 Å². The number of rotatable bonds is 3. The number of aryl methyl sites for hydroxylation is 1. The normalized spacial score (nSPS) is 29.8. The summed E-state index contributed by atoms with van der Waals surface area (Å²) in [6.45, 7) is 3.92. The first-order chi connectivity index (χ1) is 9.71. The first-order valence-corrected chi connectivity index (χ1v) is 7.16. The standard InChI is InChI=1S/C15H21NO4/c1-11-2-3-14(13(9-17)16-11)20-12-4-6-19-15(8-12)5-7-18-10-15/h2-3,12,17H,4-10H2,1H3. The minimum atomic E-state index is -0.166. The van der Waals surface area contributed by atoms with E-state index in [9.17, 15) is 5.11 Å². The van der Waals surface area contributed by atoms with E-state index in [1.807, 2.05) is 19.1 Å². The summed E-state index contributed by atoms with van der Waals surface area (Å²) in [6, 6.07) is 3.80. The van der Waals surface area contributed by atoms with Crippen LogP contribution in [0, 0.1) is 6.92 Å². The van der Waals surface area contributed by atoms with Crippen molar-refractivity contribution in [2.24, 2.45) is 0 Å². The number of pyridine rings is 1. The summed E-state index contributed by atoms with van der Waals surface area (Å²) >= 11 is 0. The molecular formula is C15H21NO4. The van der Waals surface area contributed by atoms with Gasteiger partial charge in [0.05, 0.1) is 25.4 Å². The Kier molecular flexibility index (Phi) is 3.92. The van der Waals surface area contributed by atoms with E-state index in [0.29, 0.717) is 24.7 Å². The summed E-state index contributed by atoms with van der Waals surface area (Å²) in [7, 11) is 0. The Morgan fingerprint density at radius 2 is 2.35 bits per heavy atom. The van der Waals surface area contributed by atoms with Crippen molar-refractivity contribution >= 4 is 0 Å². The number of hydrogen-bond donors (Lipinski definition) is 1. The summed E-state index contributed by atoms with van der Waals surface area (Å²) in [5.74, 6) is 0.680. The van der Waals surface area contributed by atoms with Crippen molar-refractivity contribution in [3.63, 3.8) is 0 Å². The average Bonchev–Trinajstić information content (AvgIpc) is 2.89. The molecule has 2 atom stereocenters. The zero-order valence-corrected chi connectivity index (χ0v) is 11.8. The van der Waals surface area contributed by atoms with Crippen LogP contribution >= 0.6 is 0 Å². The van der Waals surface area contributed by atoms with Crippen molar-refractivity contribution in [3.8, 4) is 5.75 Å². The number of aromatic nitrogens is 1. The van der Waals surface area contributed by atoms with Gasteiger partial charge in [-0.3, -0.25) is 4.98 Å². The van der Waals surface area contributed by atoms with Crippen molar-refractivity contribution in [1.82, 2.24) is 4.98 Å². The second-order valence-electron chi connectivity index (χ2n) is 5.62. The number of aliphatic hydroxyl groups is 1. The van der Waals surface area contributed by atoms with E-state index < -0.39 is 0 Å². The van der Waals surface area contributed by atoms with Gasteiger partial charge in [-0.2, -0.15) is 0 Å². The third-order valence-electron chi connectivity index (χ3n) is 4.03. The Morgan fingerprint density at radius 1 is 1.45 bits per heavy atom. The molecule has 0 aromatic carbocycles. The zero-order valence-electron chi connectivity index (χ0n) is 11.8. The molecule has 0 saturated carbocycles. The Morgan fingerprint density at radius 3 is 3.10 bits per heavy atom. The Balaban J connectivity index is 1.71. The Labute approximate surface area is 118 Å². The lowest BCUT2D eigenvalue weighted by molar-refractivity contribution is -0.112. The van der Waals surface area contributed by atoms with E-state index in [1.165, 1.54) is 0 Å². The molecule has 2 saturated heterocycles. The lowest BCUT2D eigenvalue weighted by Crippen LogP contribution is -2.44. The fourth-order valence-electron chi connectivity index (χ4n) is 2.94. The fourth-order valence-corrected chi connectivity index (χ4v) is 2.94. The highest BCUT2D eigenvalue weighted by atomic mass is 16.6. The van der Waals surface area contributed by atoms with Crippen LogP contribution in [0.5, 0.6) is 5.75 Å². The van der Waals surface area contributed by atoms with Crippen molar-refractivity contribution in [3.05, 3.63) is 23.5 Å². The third-order valence-corrected chi connectivity index (χ3v) is 4.03. The quantitative estimate of drug-likeness (QED) is 0.910. The van der Waals surface area contributed by atoms with E-state index in [4.69, 9.17) is 14.2 Å².